The molecule has 1 N–H and O–H groups in total. The zero-order valence-corrected chi connectivity index (χ0v) is 15.5. The summed E-state index contributed by atoms with van der Waals surface area (Å²) in [6.45, 7) is 6.01. The van der Waals surface area contributed by atoms with E-state index >= 15 is 0 Å². The van der Waals surface area contributed by atoms with Crippen LogP contribution in [0.4, 0.5) is 0 Å². The normalized spacial score (nSPS) is 12.7. The third-order valence-electron chi connectivity index (χ3n) is 4.72. The molecule has 133 valence electrons. The van der Waals surface area contributed by atoms with Gasteiger partial charge in [0.05, 0.1) is 6.10 Å². The number of rotatable bonds is 18. The van der Waals surface area contributed by atoms with Crippen LogP contribution in [0.15, 0.2) is 0 Å². The van der Waals surface area contributed by atoms with Gasteiger partial charge in [0.15, 0.2) is 0 Å². The Bertz CT molecular complexity index is 190. The van der Waals surface area contributed by atoms with E-state index in [1.54, 1.807) is 0 Å². The summed E-state index contributed by atoms with van der Waals surface area (Å²) >= 11 is 0. The van der Waals surface area contributed by atoms with Crippen molar-refractivity contribution in [3.8, 4) is 0 Å². The first-order chi connectivity index (χ1) is 10.8. The van der Waals surface area contributed by atoms with Crippen molar-refractivity contribution in [1.82, 2.24) is 0 Å². The Morgan fingerprint density at radius 1 is 0.591 bits per heavy atom. The second-order valence-electron chi connectivity index (χ2n) is 7.03. The second kappa shape index (κ2) is 19.0. The van der Waals surface area contributed by atoms with Crippen molar-refractivity contribution in [3.63, 3.8) is 0 Å². The number of hydrogen-bond donors (Lipinski definition) is 1. The molecule has 0 bridgehead atoms. The largest absolute Gasteiger partial charge is 0.393 e. The molecular weight excluding hydrogens is 268 g/mol. The molecule has 22 heavy (non-hydrogen) atoms. The molecule has 0 amide bonds. The number of unbranched alkanes of at least 4 members (excludes halogenated alkanes) is 15. The molecule has 0 aliphatic rings. The topological polar surface area (TPSA) is 20.2 Å². The number of hydrogen-bond acceptors (Lipinski definition) is 1. The molecule has 0 aliphatic heterocycles. The minimum absolute atomic E-state index is 0.161. The van der Waals surface area contributed by atoms with Crippen molar-refractivity contribution in [2.24, 2.45) is 0 Å². The van der Waals surface area contributed by atoms with E-state index in [4.69, 9.17) is 0 Å². The van der Waals surface area contributed by atoms with Gasteiger partial charge in [-0.1, -0.05) is 117 Å². The van der Waals surface area contributed by atoms with Crippen LogP contribution in [0.3, 0.4) is 0 Å². The highest BCUT2D eigenvalue weighted by atomic mass is 16.3. The fraction of sp³-hybridized carbons (Fsp3) is 0.952. The van der Waals surface area contributed by atoms with Gasteiger partial charge in [0.25, 0.3) is 0 Å². The molecule has 1 radical (unpaired) electrons. The number of aliphatic hydroxyl groups is 1. The van der Waals surface area contributed by atoms with E-state index in [0.717, 1.165) is 6.42 Å². The first-order valence-electron chi connectivity index (χ1n) is 10.3. The third-order valence-corrected chi connectivity index (χ3v) is 4.72. The summed E-state index contributed by atoms with van der Waals surface area (Å²) in [5.74, 6) is 0. The van der Waals surface area contributed by atoms with E-state index in [-0.39, 0.29) is 6.10 Å². The molecule has 1 atom stereocenters. The Morgan fingerprint density at radius 3 is 1.23 bits per heavy atom. The van der Waals surface area contributed by atoms with Gasteiger partial charge in [0, 0.05) is 0 Å². The monoisotopic (exact) mass is 311 g/mol. The van der Waals surface area contributed by atoms with Gasteiger partial charge in [-0.25, -0.2) is 0 Å². The zero-order chi connectivity index (χ0) is 16.3. The summed E-state index contributed by atoms with van der Waals surface area (Å²) < 4.78 is 0. The van der Waals surface area contributed by atoms with Crippen LogP contribution in [0.25, 0.3) is 0 Å². The lowest BCUT2D eigenvalue weighted by Crippen LogP contribution is -2.03. The van der Waals surface area contributed by atoms with Crippen molar-refractivity contribution < 1.29 is 5.11 Å². The summed E-state index contributed by atoms with van der Waals surface area (Å²) in [6, 6.07) is 0. The Balaban J connectivity index is 2.97. The number of aliphatic hydroxyl groups excluding tert-OH is 1. The van der Waals surface area contributed by atoms with Crippen LogP contribution in [0.2, 0.25) is 0 Å². The average Bonchev–Trinajstić information content (AvgIpc) is 2.54. The third kappa shape index (κ3) is 18.0. The predicted octanol–water partition coefficient (Wildman–Crippen LogP) is 7.22. The maximum absolute atomic E-state index is 9.41. The van der Waals surface area contributed by atoms with Gasteiger partial charge < -0.3 is 5.11 Å². The minimum atomic E-state index is -0.161. The van der Waals surface area contributed by atoms with Crippen LogP contribution in [0.1, 0.15) is 122 Å². The fourth-order valence-electron chi connectivity index (χ4n) is 3.07. The highest BCUT2D eigenvalue weighted by molar-refractivity contribution is 4.57. The molecule has 0 aromatic rings. The lowest BCUT2D eigenvalue weighted by atomic mass is 10.0. The molecule has 1 unspecified atom stereocenters. The van der Waals surface area contributed by atoms with Gasteiger partial charge in [0.2, 0.25) is 0 Å². The van der Waals surface area contributed by atoms with Crippen molar-refractivity contribution >= 4 is 0 Å². The molecule has 0 saturated heterocycles. The van der Waals surface area contributed by atoms with Gasteiger partial charge in [-0.2, -0.15) is 0 Å². The highest BCUT2D eigenvalue weighted by Gasteiger charge is 1.99. The zero-order valence-electron chi connectivity index (χ0n) is 15.5. The Hall–Kier alpha value is -0.0400. The quantitative estimate of drug-likeness (QED) is 0.265. The molecular formula is C21H43O. The summed E-state index contributed by atoms with van der Waals surface area (Å²) in [4.78, 5) is 0. The molecule has 0 saturated carbocycles. The predicted molar refractivity (Wildman–Crippen MR) is 100 cm³/mol. The van der Waals surface area contributed by atoms with Gasteiger partial charge in [0.1, 0.15) is 0 Å². The first kappa shape index (κ1) is 22.0. The van der Waals surface area contributed by atoms with Crippen LogP contribution in [0.5, 0.6) is 0 Å². The van der Waals surface area contributed by atoms with E-state index in [1.165, 1.54) is 103 Å². The van der Waals surface area contributed by atoms with E-state index in [0.29, 0.717) is 6.42 Å². The lowest BCUT2D eigenvalue weighted by molar-refractivity contribution is 0.163. The van der Waals surface area contributed by atoms with Crippen LogP contribution >= 0.6 is 0 Å². The van der Waals surface area contributed by atoms with Crippen molar-refractivity contribution in [2.75, 3.05) is 0 Å². The van der Waals surface area contributed by atoms with Crippen LogP contribution < -0.4 is 0 Å². The molecule has 1 nitrogen and oxygen atoms in total. The SMILES string of the molecule is [CH2]CC(O)CCCCCCCCCCCCCCCCCC. The lowest BCUT2D eigenvalue weighted by Gasteiger charge is -2.06. The maximum Gasteiger partial charge on any atom is 0.0540 e. The molecule has 0 heterocycles. The van der Waals surface area contributed by atoms with E-state index in [1.807, 2.05) is 0 Å². The van der Waals surface area contributed by atoms with Crippen LogP contribution in [0, 0.1) is 6.92 Å². The van der Waals surface area contributed by atoms with Crippen molar-refractivity contribution in [2.45, 2.75) is 129 Å². The van der Waals surface area contributed by atoms with Crippen molar-refractivity contribution in [1.29, 1.82) is 0 Å². The van der Waals surface area contributed by atoms with E-state index < -0.39 is 0 Å². The standard InChI is InChI=1S/C21H43O/c1-3-5-6-7-8-9-10-11-12-13-14-15-16-17-18-19-20-21(22)4-2/h21-22H,2-20H2,1H3. The Kier molecular flexibility index (Phi) is 19.0. The van der Waals surface area contributed by atoms with Gasteiger partial charge in [-0.15, -0.1) is 0 Å². The van der Waals surface area contributed by atoms with Crippen LogP contribution in [-0.2, 0) is 0 Å². The molecule has 0 aromatic carbocycles. The Morgan fingerprint density at radius 2 is 0.909 bits per heavy atom. The molecule has 1 heteroatoms. The van der Waals surface area contributed by atoms with Crippen molar-refractivity contribution in [3.05, 3.63) is 6.92 Å². The smallest absolute Gasteiger partial charge is 0.0540 e. The summed E-state index contributed by atoms with van der Waals surface area (Å²) in [5.41, 5.74) is 0. The molecule has 0 fully saturated rings. The second-order valence-corrected chi connectivity index (χ2v) is 7.03. The fourth-order valence-corrected chi connectivity index (χ4v) is 3.07. The molecule has 0 aliphatic carbocycles. The molecule has 0 aromatic heterocycles. The average molecular weight is 312 g/mol. The summed E-state index contributed by atoms with van der Waals surface area (Å²) in [5, 5.41) is 9.41. The minimum Gasteiger partial charge on any atom is -0.393 e. The van der Waals surface area contributed by atoms with E-state index in [2.05, 4.69) is 13.8 Å². The maximum atomic E-state index is 9.41. The van der Waals surface area contributed by atoms with Gasteiger partial charge >= 0.3 is 0 Å². The van der Waals surface area contributed by atoms with Gasteiger partial charge in [-0.05, 0) is 12.8 Å². The first-order valence-corrected chi connectivity index (χ1v) is 10.3. The van der Waals surface area contributed by atoms with Crippen LogP contribution in [-0.4, -0.2) is 11.2 Å². The van der Waals surface area contributed by atoms with E-state index in [9.17, 15) is 5.11 Å². The summed E-state index contributed by atoms with van der Waals surface area (Å²) in [7, 11) is 0. The van der Waals surface area contributed by atoms with Gasteiger partial charge in [-0.3, -0.25) is 0 Å². The molecule has 0 rings (SSSR count). The molecule has 0 spiro atoms. The highest BCUT2D eigenvalue weighted by Crippen LogP contribution is 2.14. The Labute approximate surface area is 141 Å². The summed E-state index contributed by atoms with van der Waals surface area (Å²) in [6.07, 6.45) is 23.9.